The standard InChI is InChI=1S/C11H7NO3Se/c1-14-7-2-3-9-8(4-7)11(13)10(5-15-9)16-6-12/h2-5H,1H3. The van der Waals surface area contributed by atoms with Gasteiger partial charge in [0.05, 0.1) is 0 Å². The zero-order chi connectivity index (χ0) is 11.5. The summed E-state index contributed by atoms with van der Waals surface area (Å²) in [5.74, 6) is 0.599. The van der Waals surface area contributed by atoms with Crippen molar-refractivity contribution in [2.75, 3.05) is 7.11 Å². The molecule has 0 fully saturated rings. The normalized spacial score (nSPS) is 10.0. The van der Waals surface area contributed by atoms with Gasteiger partial charge in [-0.05, 0) is 0 Å². The average Bonchev–Trinajstić information content (AvgIpc) is 2.33. The zero-order valence-corrected chi connectivity index (χ0v) is 10.1. The fraction of sp³-hybridized carbons (Fsp3) is 0.0909. The number of rotatable bonds is 2. The van der Waals surface area contributed by atoms with Crippen LogP contribution in [0.4, 0.5) is 0 Å². The summed E-state index contributed by atoms with van der Waals surface area (Å²) >= 11 is -0.502. The fourth-order valence-corrected chi connectivity index (χ4v) is 2.17. The summed E-state index contributed by atoms with van der Waals surface area (Å²) in [5.41, 5.74) is 0.352. The summed E-state index contributed by atoms with van der Waals surface area (Å²) in [6, 6.07) is 5.03. The van der Waals surface area contributed by atoms with Crippen molar-refractivity contribution in [3.8, 4) is 10.7 Å². The van der Waals surface area contributed by atoms with Gasteiger partial charge in [0, 0.05) is 0 Å². The Morgan fingerprint density at radius 2 is 2.31 bits per heavy atom. The van der Waals surface area contributed by atoms with Crippen molar-refractivity contribution in [3.63, 3.8) is 0 Å². The minimum absolute atomic E-state index is 0.151. The molecule has 0 saturated heterocycles. The van der Waals surface area contributed by atoms with Crippen LogP contribution in [0.1, 0.15) is 0 Å². The van der Waals surface area contributed by atoms with E-state index in [9.17, 15) is 4.79 Å². The van der Waals surface area contributed by atoms with Crippen molar-refractivity contribution >= 4 is 30.4 Å². The van der Waals surface area contributed by atoms with Crippen LogP contribution in [-0.4, -0.2) is 22.1 Å². The van der Waals surface area contributed by atoms with Crippen molar-refractivity contribution in [2.45, 2.75) is 0 Å². The molecule has 0 bridgehead atoms. The number of nitriles is 1. The van der Waals surface area contributed by atoms with E-state index in [1.807, 2.05) is 4.97 Å². The molecule has 4 nitrogen and oxygen atoms in total. The Kier molecular flexibility index (Phi) is 2.95. The minimum atomic E-state index is -0.502. The van der Waals surface area contributed by atoms with Gasteiger partial charge in [0.1, 0.15) is 0 Å². The van der Waals surface area contributed by atoms with Gasteiger partial charge in [-0.2, -0.15) is 0 Å². The molecule has 0 aliphatic rings. The van der Waals surface area contributed by atoms with Crippen molar-refractivity contribution in [1.82, 2.24) is 0 Å². The van der Waals surface area contributed by atoms with Gasteiger partial charge in [-0.3, -0.25) is 0 Å². The molecule has 0 unspecified atom stereocenters. The second kappa shape index (κ2) is 4.40. The van der Waals surface area contributed by atoms with E-state index in [1.165, 1.54) is 13.4 Å². The Hall–Kier alpha value is -1.76. The molecule has 0 aliphatic carbocycles. The molecule has 0 atom stereocenters. The second-order valence-corrected chi connectivity index (χ2v) is 4.72. The van der Waals surface area contributed by atoms with E-state index in [0.717, 1.165) is 0 Å². The predicted molar refractivity (Wildman–Crippen MR) is 60.0 cm³/mol. The Morgan fingerprint density at radius 1 is 1.50 bits per heavy atom. The van der Waals surface area contributed by atoms with Crippen LogP contribution in [0.2, 0.25) is 0 Å². The monoisotopic (exact) mass is 281 g/mol. The third-order valence-electron chi connectivity index (χ3n) is 2.10. The molecule has 2 aromatic rings. The number of nitrogens with zero attached hydrogens (tertiary/aromatic N) is 1. The SMILES string of the molecule is COc1ccc2occ([Se]C#N)c(=O)c2c1. The van der Waals surface area contributed by atoms with Crippen molar-refractivity contribution in [3.05, 3.63) is 34.7 Å². The topological polar surface area (TPSA) is 63.2 Å². The molecule has 5 heteroatoms. The second-order valence-electron chi connectivity index (χ2n) is 2.98. The first-order valence-electron chi connectivity index (χ1n) is 4.41. The molecular weight excluding hydrogens is 273 g/mol. The number of fused-ring (bicyclic) bond motifs is 1. The van der Waals surface area contributed by atoms with Gasteiger partial charge in [0.25, 0.3) is 0 Å². The number of methoxy groups -OCH3 is 1. The van der Waals surface area contributed by atoms with Gasteiger partial charge < -0.3 is 0 Å². The molecular formula is C11H7NO3Se. The van der Waals surface area contributed by atoms with E-state index < -0.39 is 15.0 Å². The van der Waals surface area contributed by atoms with Crippen LogP contribution in [0, 0.1) is 10.2 Å². The van der Waals surface area contributed by atoms with E-state index in [0.29, 0.717) is 21.2 Å². The summed E-state index contributed by atoms with van der Waals surface area (Å²) in [5, 5.41) is 9.04. The first kappa shape index (κ1) is 10.7. The van der Waals surface area contributed by atoms with Gasteiger partial charge in [0.15, 0.2) is 0 Å². The molecule has 1 aromatic carbocycles. The van der Waals surface area contributed by atoms with Gasteiger partial charge in [-0.1, -0.05) is 0 Å². The molecule has 0 aliphatic heterocycles. The summed E-state index contributed by atoms with van der Waals surface area (Å²) in [6.45, 7) is 0. The number of ether oxygens (including phenoxy) is 1. The Bertz CT molecular complexity index is 627. The Balaban J connectivity index is 2.72. The molecule has 0 spiro atoms. The van der Waals surface area contributed by atoms with Crippen molar-refractivity contribution in [1.29, 1.82) is 5.26 Å². The zero-order valence-electron chi connectivity index (χ0n) is 8.39. The number of hydrogen-bond acceptors (Lipinski definition) is 4. The fourth-order valence-electron chi connectivity index (χ4n) is 1.34. The molecule has 0 saturated carbocycles. The van der Waals surface area contributed by atoms with E-state index in [4.69, 9.17) is 14.4 Å². The molecule has 1 heterocycles. The predicted octanol–water partition coefficient (Wildman–Crippen LogP) is 0.612. The van der Waals surface area contributed by atoms with Crippen LogP contribution >= 0.6 is 0 Å². The third kappa shape index (κ3) is 1.81. The third-order valence-corrected chi connectivity index (χ3v) is 3.35. The maximum absolute atomic E-state index is 11.9. The van der Waals surface area contributed by atoms with Crippen molar-refractivity contribution in [2.24, 2.45) is 0 Å². The number of hydrogen-bond donors (Lipinski definition) is 0. The van der Waals surface area contributed by atoms with E-state index in [-0.39, 0.29) is 5.43 Å². The Morgan fingerprint density at radius 3 is 3.00 bits per heavy atom. The first-order valence-corrected chi connectivity index (χ1v) is 6.13. The van der Waals surface area contributed by atoms with E-state index in [1.54, 1.807) is 18.2 Å². The van der Waals surface area contributed by atoms with Crippen LogP contribution < -0.4 is 14.6 Å². The molecule has 80 valence electrons. The quantitative estimate of drug-likeness (QED) is 0.756. The summed E-state index contributed by atoms with van der Waals surface area (Å²) < 4.78 is 10.7. The van der Waals surface area contributed by atoms with Crippen molar-refractivity contribution < 1.29 is 9.15 Å². The van der Waals surface area contributed by atoms with E-state index in [2.05, 4.69) is 0 Å². The summed E-state index contributed by atoms with van der Waals surface area (Å²) in [4.78, 5) is 13.9. The molecule has 0 amide bonds. The van der Waals surface area contributed by atoms with Crippen LogP contribution in [0.15, 0.2) is 33.7 Å². The van der Waals surface area contributed by atoms with Gasteiger partial charge in [0.2, 0.25) is 0 Å². The molecule has 2 rings (SSSR count). The molecule has 1 aromatic heterocycles. The summed E-state index contributed by atoms with van der Waals surface area (Å²) in [6.07, 6.45) is 1.36. The maximum atomic E-state index is 11.9. The average molecular weight is 280 g/mol. The first-order chi connectivity index (χ1) is 7.76. The van der Waals surface area contributed by atoms with E-state index >= 15 is 0 Å². The van der Waals surface area contributed by atoms with Crippen LogP contribution in [0.3, 0.4) is 0 Å². The van der Waals surface area contributed by atoms with Gasteiger partial charge in [-0.15, -0.1) is 0 Å². The number of benzene rings is 1. The van der Waals surface area contributed by atoms with Crippen LogP contribution in [-0.2, 0) is 0 Å². The summed E-state index contributed by atoms with van der Waals surface area (Å²) in [7, 11) is 1.53. The molecule has 0 radical (unpaired) electrons. The van der Waals surface area contributed by atoms with Gasteiger partial charge >= 0.3 is 97.3 Å². The molecule has 0 N–H and O–H groups in total. The van der Waals surface area contributed by atoms with Gasteiger partial charge in [-0.25, -0.2) is 0 Å². The van der Waals surface area contributed by atoms with Crippen LogP contribution in [0.25, 0.3) is 11.0 Å². The van der Waals surface area contributed by atoms with Crippen LogP contribution in [0.5, 0.6) is 5.75 Å². The molecule has 16 heavy (non-hydrogen) atoms. The Labute approximate surface area is 97.6 Å².